The summed E-state index contributed by atoms with van der Waals surface area (Å²) in [5, 5.41) is 0. The minimum absolute atomic E-state index is 0. The molecule has 0 heterocycles. The van der Waals surface area contributed by atoms with Gasteiger partial charge in [-0.1, -0.05) is 0 Å². The van der Waals surface area contributed by atoms with Crippen LogP contribution < -0.4 is 0 Å². The Bertz CT molecular complexity index is 146. The van der Waals surface area contributed by atoms with Crippen LogP contribution in [-0.2, 0) is 13.6 Å². The van der Waals surface area contributed by atoms with Crippen LogP contribution in [0.2, 0.25) is 0 Å². The van der Waals surface area contributed by atoms with E-state index in [1.807, 2.05) is 0 Å². The average molecular weight is 208 g/mol. The van der Waals surface area contributed by atoms with Crippen molar-refractivity contribution >= 4 is 30.9 Å². The van der Waals surface area contributed by atoms with Crippen molar-refractivity contribution in [2.75, 3.05) is 0 Å². The van der Waals surface area contributed by atoms with Gasteiger partial charge in [0.05, 0.1) is 12.2 Å². The number of rotatable bonds is 4. The molecule has 0 aromatic carbocycles. The molecule has 4 nitrogen and oxygen atoms in total. The molecule has 0 aromatic rings. The molecule has 0 saturated carbocycles. The summed E-state index contributed by atoms with van der Waals surface area (Å²) in [5.74, 6) is 0. The maximum atomic E-state index is 10.9. The second-order valence-electron chi connectivity index (χ2n) is 2.78. The summed E-state index contributed by atoms with van der Waals surface area (Å²) in [6, 6.07) is 0. The zero-order valence-electron chi connectivity index (χ0n) is 7.27. The van der Waals surface area contributed by atoms with Gasteiger partial charge in [-0.15, -0.1) is 0 Å². The zero-order chi connectivity index (χ0) is 9.07. The highest BCUT2D eigenvalue weighted by atomic mass is 31.2. The predicted octanol–water partition coefficient (Wildman–Crippen LogP) is 1.02. The van der Waals surface area contributed by atoms with Crippen LogP contribution in [0.15, 0.2) is 0 Å². The first-order chi connectivity index (χ1) is 4.83. The van der Waals surface area contributed by atoms with Crippen LogP contribution in [0.4, 0.5) is 0 Å². The van der Waals surface area contributed by atoms with Gasteiger partial charge in [0.15, 0.2) is 0 Å². The third-order valence-corrected chi connectivity index (χ3v) is 2.06. The first-order valence-electron chi connectivity index (χ1n) is 3.53. The molecule has 12 heavy (non-hydrogen) atoms. The molecule has 6 heteroatoms. The highest BCUT2D eigenvalue weighted by molar-refractivity contribution is 7.47. The van der Waals surface area contributed by atoms with Crippen molar-refractivity contribution in [3.8, 4) is 0 Å². The summed E-state index contributed by atoms with van der Waals surface area (Å²) < 4.78 is 20.2. The molecule has 0 fully saturated rings. The van der Waals surface area contributed by atoms with E-state index in [4.69, 9.17) is 4.89 Å². The van der Waals surface area contributed by atoms with Crippen molar-refractivity contribution in [3.05, 3.63) is 0 Å². The van der Waals surface area contributed by atoms with E-state index in [0.717, 1.165) is 0 Å². The monoisotopic (exact) mass is 208 g/mol. The largest absolute Gasteiger partial charge is 0.472 e. The molecule has 0 aliphatic rings. The molecule has 0 radical (unpaired) electrons. The maximum Gasteiger partial charge on any atom is 0.472 e. The van der Waals surface area contributed by atoms with Gasteiger partial charge in [-0.3, -0.25) is 9.05 Å². The van der Waals surface area contributed by atoms with Crippen LogP contribution >= 0.6 is 7.82 Å². The molecule has 0 saturated heterocycles. The molecule has 0 amide bonds. The fourth-order valence-electron chi connectivity index (χ4n) is 0.558. The Hall–Kier alpha value is 0.876. The van der Waals surface area contributed by atoms with Gasteiger partial charge in [-0.2, -0.15) is 0 Å². The van der Waals surface area contributed by atoms with Crippen molar-refractivity contribution in [2.45, 2.75) is 39.9 Å². The minimum Gasteiger partial charge on any atom is -0.302 e. The molecular weight excluding hydrogens is 191 g/mol. The van der Waals surface area contributed by atoms with Gasteiger partial charge in [0, 0.05) is 0 Å². The van der Waals surface area contributed by atoms with Gasteiger partial charge < -0.3 is 4.89 Å². The van der Waals surface area contributed by atoms with Crippen LogP contribution in [-0.4, -0.2) is 40.2 Å². The summed E-state index contributed by atoms with van der Waals surface area (Å²) in [4.78, 5) is 8.97. The van der Waals surface area contributed by atoms with E-state index in [1.165, 1.54) is 0 Å². The average Bonchev–Trinajstić information content (AvgIpc) is 1.53. The van der Waals surface area contributed by atoms with E-state index >= 15 is 0 Å². The van der Waals surface area contributed by atoms with Crippen LogP contribution in [0.3, 0.4) is 0 Å². The topological polar surface area (TPSA) is 55.8 Å². The number of hydrogen-bond donors (Lipinski definition) is 1. The van der Waals surface area contributed by atoms with Crippen molar-refractivity contribution in [1.29, 1.82) is 0 Å². The summed E-state index contributed by atoms with van der Waals surface area (Å²) in [6.45, 7) is 6.69. The number of phosphoric acid groups is 1. The Morgan fingerprint density at radius 1 is 1.08 bits per heavy atom. The molecule has 0 spiro atoms. The van der Waals surface area contributed by atoms with Crippen molar-refractivity contribution in [2.24, 2.45) is 0 Å². The Balaban J connectivity index is 0. The van der Waals surface area contributed by atoms with Crippen LogP contribution in [0.5, 0.6) is 0 Å². The third-order valence-electron chi connectivity index (χ3n) is 0.688. The molecule has 72 valence electrons. The number of hydrogen-bond acceptors (Lipinski definition) is 3. The quantitative estimate of drug-likeness (QED) is 0.554. The van der Waals surface area contributed by atoms with E-state index in [1.54, 1.807) is 27.7 Å². The molecular formula is C6H17MgO4P. The molecule has 0 atom stereocenters. The summed E-state index contributed by atoms with van der Waals surface area (Å²) in [6.07, 6.45) is -0.603. The van der Waals surface area contributed by atoms with E-state index < -0.39 is 7.82 Å². The lowest BCUT2D eigenvalue weighted by Gasteiger charge is -2.16. The smallest absolute Gasteiger partial charge is 0.302 e. The van der Waals surface area contributed by atoms with Gasteiger partial charge in [0.2, 0.25) is 0 Å². The minimum atomic E-state index is -3.80. The lowest BCUT2D eigenvalue weighted by atomic mass is 10.5. The molecule has 0 unspecified atom stereocenters. The normalized spacial score (nSPS) is 11.9. The highest BCUT2D eigenvalue weighted by Crippen LogP contribution is 2.45. The summed E-state index contributed by atoms with van der Waals surface area (Å²) in [7, 11) is -3.80. The molecule has 0 aliphatic heterocycles. The lowest BCUT2D eigenvalue weighted by molar-refractivity contribution is 0.0985. The van der Waals surface area contributed by atoms with Crippen LogP contribution in [0, 0.1) is 0 Å². The summed E-state index contributed by atoms with van der Waals surface area (Å²) >= 11 is 0. The van der Waals surface area contributed by atoms with Crippen molar-refractivity contribution < 1.29 is 18.5 Å². The van der Waals surface area contributed by atoms with E-state index in [9.17, 15) is 4.57 Å². The molecule has 1 N–H and O–H groups in total. The molecule has 0 aliphatic carbocycles. The predicted molar refractivity (Wildman–Crippen MR) is 50.8 cm³/mol. The van der Waals surface area contributed by atoms with Crippen molar-refractivity contribution in [1.82, 2.24) is 0 Å². The van der Waals surface area contributed by atoms with E-state index in [-0.39, 0.29) is 35.3 Å². The Labute approximate surface area is 89.4 Å². The maximum absolute atomic E-state index is 10.9. The van der Waals surface area contributed by atoms with Crippen LogP contribution in [0.25, 0.3) is 0 Å². The first kappa shape index (κ1) is 15.4. The Kier molecular flexibility index (Phi) is 8.12. The molecule has 0 rings (SSSR count). The third kappa shape index (κ3) is 8.97. The Morgan fingerprint density at radius 3 is 1.50 bits per heavy atom. The second-order valence-corrected chi connectivity index (χ2v) is 4.14. The highest BCUT2D eigenvalue weighted by Gasteiger charge is 2.23. The molecule has 0 bridgehead atoms. The van der Waals surface area contributed by atoms with Crippen LogP contribution in [0.1, 0.15) is 27.7 Å². The first-order valence-corrected chi connectivity index (χ1v) is 5.02. The summed E-state index contributed by atoms with van der Waals surface area (Å²) in [5.41, 5.74) is 0. The fourth-order valence-corrected chi connectivity index (χ4v) is 1.67. The lowest BCUT2D eigenvalue weighted by Crippen LogP contribution is -2.06. The van der Waals surface area contributed by atoms with Gasteiger partial charge in [0.25, 0.3) is 0 Å². The molecule has 0 aromatic heterocycles. The number of phosphoric ester groups is 1. The van der Waals surface area contributed by atoms with Gasteiger partial charge >= 0.3 is 30.9 Å². The van der Waals surface area contributed by atoms with E-state index in [0.29, 0.717) is 0 Å². The van der Waals surface area contributed by atoms with Gasteiger partial charge in [-0.25, -0.2) is 4.57 Å². The SMILES string of the molecule is CC(C)OP(=O)(O)OC(C)C.[MgH2]. The Morgan fingerprint density at radius 2 is 1.33 bits per heavy atom. The fraction of sp³-hybridized carbons (Fsp3) is 1.00. The van der Waals surface area contributed by atoms with Gasteiger partial charge in [-0.05, 0) is 27.7 Å². The standard InChI is InChI=1S/C6H15O4P.Mg.2H/c1-5(2)9-11(7,8)10-6(3)4;;;/h5-6H,1-4H3,(H,7,8);;;. The van der Waals surface area contributed by atoms with Crippen molar-refractivity contribution in [3.63, 3.8) is 0 Å². The van der Waals surface area contributed by atoms with Gasteiger partial charge in [0.1, 0.15) is 0 Å². The zero-order valence-corrected chi connectivity index (χ0v) is 8.17. The second kappa shape index (κ2) is 6.35. The van der Waals surface area contributed by atoms with E-state index in [2.05, 4.69) is 9.05 Å².